The first-order chi connectivity index (χ1) is 8.49. The highest BCUT2D eigenvalue weighted by Gasteiger charge is 2.03. The van der Waals surface area contributed by atoms with Crippen molar-refractivity contribution in [1.29, 1.82) is 0 Å². The summed E-state index contributed by atoms with van der Waals surface area (Å²) in [5.74, 6) is 0.552. The van der Waals surface area contributed by atoms with Gasteiger partial charge in [-0.15, -0.1) is 0 Å². The minimum atomic E-state index is 0.0712. The average Bonchev–Trinajstić information content (AvgIpc) is 2.29. The van der Waals surface area contributed by atoms with Gasteiger partial charge in [-0.1, -0.05) is 19.9 Å². The molecule has 4 nitrogen and oxygen atoms in total. The second-order valence-corrected chi connectivity index (χ2v) is 4.97. The van der Waals surface area contributed by atoms with E-state index in [2.05, 4.69) is 24.5 Å². The van der Waals surface area contributed by atoms with Crippen molar-refractivity contribution in [3.63, 3.8) is 0 Å². The molecule has 0 saturated heterocycles. The summed E-state index contributed by atoms with van der Waals surface area (Å²) in [6.07, 6.45) is 0.458. The van der Waals surface area contributed by atoms with Crippen molar-refractivity contribution in [3.05, 3.63) is 23.8 Å². The van der Waals surface area contributed by atoms with Crippen LogP contribution in [0.4, 0.5) is 11.4 Å². The Kier molecular flexibility index (Phi) is 5.49. The molecule has 18 heavy (non-hydrogen) atoms. The zero-order chi connectivity index (χ0) is 13.5. The molecule has 0 aromatic heterocycles. The van der Waals surface area contributed by atoms with Crippen molar-refractivity contribution in [2.24, 2.45) is 5.92 Å². The van der Waals surface area contributed by atoms with Gasteiger partial charge in [0.15, 0.2) is 0 Å². The van der Waals surface area contributed by atoms with Gasteiger partial charge in [-0.25, -0.2) is 0 Å². The van der Waals surface area contributed by atoms with Crippen molar-refractivity contribution in [1.82, 2.24) is 5.32 Å². The lowest BCUT2D eigenvalue weighted by molar-refractivity contribution is -0.120. The lowest BCUT2D eigenvalue weighted by Gasteiger charge is -2.11. The molecule has 0 radical (unpaired) electrons. The minimum absolute atomic E-state index is 0.0712. The van der Waals surface area contributed by atoms with Crippen LogP contribution in [0.2, 0.25) is 0 Å². The number of aryl methyl sites for hydroxylation is 1. The first kappa shape index (κ1) is 14.4. The van der Waals surface area contributed by atoms with E-state index in [1.165, 1.54) is 0 Å². The van der Waals surface area contributed by atoms with Crippen molar-refractivity contribution >= 4 is 17.3 Å². The third kappa shape index (κ3) is 5.08. The Morgan fingerprint density at radius 2 is 2.11 bits per heavy atom. The average molecular weight is 249 g/mol. The SMILES string of the molecule is Cc1ccc(NCCC(=O)NCC(C)C)c(N)c1. The summed E-state index contributed by atoms with van der Waals surface area (Å²) in [5, 5.41) is 6.05. The Labute approximate surface area is 109 Å². The molecular formula is C14H23N3O. The number of rotatable bonds is 6. The summed E-state index contributed by atoms with van der Waals surface area (Å²) < 4.78 is 0. The summed E-state index contributed by atoms with van der Waals surface area (Å²) >= 11 is 0. The zero-order valence-corrected chi connectivity index (χ0v) is 11.4. The fourth-order valence-corrected chi connectivity index (χ4v) is 1.56. The van der Waals surface area contributed by atoms with E-state index in [0.29, 0.717) is 18.9 Å². The molecule has 4 heteroatoms. The molecule has 4 N–H and O–H groups in total. The van der Waals surface area contributed by atoms with Gasteiger partial charge in [-0.2, -0.15) is 0 Å². The van der Waals surface area contributed by atoms with Gasteiger partial charge < -0.3 is 16.4 Å². The Hall–Kier alpha value is -1.71. The van der Waals surface area contributed by atoms with Crippen molar-refractivity contribution in [3.8, 4) is 0 Å². The monoisotopic (exact) mass is 249 g/mol. The maximum atomic E-state index is 11.5. The molecule has 0 atom stereocenters. The molecule has 1 amide bonds. The molecule has 0 aliphatic heterocycles. The van der Waals surface area contributed by atoms with Crippen LogP contribution in [0.15, 0.2) is 18.2 Å². The lowest BCUT2D eigenvalue weighted by atomic mass is 10.2. The van der Waals surface area contributed by atoms with Crippen molar-refractivity contribution in [2.75, 3.05) is 24.1 Å². The molecule has 0 bridgehead atoms. The van der Waals surface area contributed by atoms with Gasteiger partial charge in [-0.3, -0.25) is 4.79 Å². The summed E-state index contributed by atoms with van der Waals surface area (Å²) in [6.45, 7) is 7.47. The minimum Gasteiger partial charge on any atom is -0.397 e. The number of amides is 1. The highest BCUT2D eigenvalue weighted by molar-refractivity contribution is 5.76. The Morgan fingerprint density at radius 3 is 2.72 bits per heavy atom. The Morgan fingerprint density at radius 1 is 1.39 bits per heavy atom. The van der Waals surface area contributed by atoms with Crippen molar-refractivity contribution in [2.45, 2.75) is 27.2 Å². The van der Waals surface area contributed by atoms with E-state index < -0.39 is 0 Å². The largest absolute Gasteiger partial charge is 0.397 e. The fourth-order valence-electron chi connectivity index (χ4n) is 1.56. The van der Waals surface area contributed by atoms with E-state index in [9.17, 15) is 4.79 Å². The maximum absolute atomic E-state index is 11.5. The number of benzene rings is 1. The molecule has 0 heterocycles. The predicted octanol–water partition coefficient (Wildman–Crippen LogP) is 2.15. The molecule has 0 fully saturated rings. The smallest absolute Gasteiger partial charge is 0.221 e. The second kappa shape index (κ2) is 6.89. The molecule has 1 aromatic carbocycles. The zero-order valence-electron chi connectivity index (χ0n) is 11.4. The molecule has 0 aliphatic carbocycles. The topological polar surface area (TPSA) is 67.2 Å². The number of hydrogen-bond acceptors (Lipinski definition) is 3. The van der Waals surface area contributed by atoms with Crippen LogP contribution in [-0.4, -0.2) is 19.0 Å². The second-order valence-electron chi connectivity index (χ2n) is 4.97. The van der Waals surface area contributed by atoms with E-state index in [1.54, 1.807) is 0 Å². The maximum Gasteiger partial charge on any atom is 0.221 e. The van der Waals surface area contributed by atoms with Gasteiger partial charge in [0.2, 0.25) is 5.91 Å². The van der Waals surface area contributed by atoms with E-state index in [1.807, 2.05) is 25.1 Å². The molecular weight excluding hydrogens is 226 g/mol. The third-order valence-electron chi connectivity index (χ3n) is 2.58. The number of nitrogen functional groups attached to an aromatic ring is 1. The molecule has 0 aliphatic rings. The summed E-state index contributed by atoms with van der Waals surface area (Å²) in [7, 11) is 0. The Balaban J connectivity index is 2.31. The summed E-state index contributed by atoms with van der Waals surface area (Å²) in [6, 6.07) is 5.86. The van der Waals surface area contributed by atoms with Crippen molar-refractivity contribution < 1.29 is 4.79 Å². The Bertz CT molecular complexity index is 402. The highest BCUT2D eigenvalue weighted by Crippen LogP contribution is 2.18. The standard InChI is InChI=1S/C14H23N3O/c1-10(2)9-17-14(18)6-7-16-13-5-4-11(3)8-12(13)15/h4-5,8,10,16H,6-7,9,15H2,1-3H3,(H,17,18). The van der Waals surface area contributed by atoms with Crippen LogP contribution in [0, 0.1) is 12.8 Å². The molecule has 1 rings (SSSR count). The molecule has 0 spiro atoms. The van der Waals surface area contributed by atoms with E-state index in [4.69, 9.17) is 5.73 Å². The number of nitrogens with one attached hydrogen (secondary N) is 2. The fraction of sp³-hybridized carbons (Fsp3) is 0.500. The highest BCUT2D eigenvalue weighted by atomic mass is 16.1. The van der Waals surface area contributed by atoms with E-state index in [-0.39, 0.29) is 5.91 Å². The van der Waals surface area contributed by atoms with Crippen LogP contribution >= 0.6 is 0 Å². The van der Waals surface area contributed by atoms with Gasteiger partial charge in [-0.05, 0) is 30.5 Å². The third-order valence-corrected chi connectivity index (χ3v) is 2.58. The molecule has 100 valence electrons. The number of carbonyl (C=O) groups excluding carboxylic acids is 1. The van der Waals surface area contributed by atoms with Crippen LogP contribution < -0.4 is 16.4 Å². The van der Waals surface area contributed by atoms with Crippen LogP contribution in [0.5, 0.6) is 0 Å². The summed E-state index contributed by atoms with van der Waals surface area (Å²) in [4.78, 5) is 11.5. The predicted molar refractivity (Wildman–Crippen MR) is 76.5 cm³/mol. The van der Waals surface area contributed by atoms with Gasteiger partial charge in [0, 0.05) is 19.5 Å². The molecule has 1 aromatic rings. The number of anilines is 2. The summed E-state index contributed by atoms with van der Waals surface area (Å²) in [5.41, 5.74) is 8.61. The van der Waals surface area contributed by atoms with Gasteiger partial charge in [0.05, 0.1) is 11.4 Å². The van der Waals surface area contributed by atoms with Gasteiger partial charge >= 0.3 is 0 Å². The quantitative estimate of drug-likeness (QED) is 0.677. The molecule has 0 saturated carbocycles. The van der Waals surface area contributed by atoms with Gasteiger partial charge in [0.25, 0.3) is 0 Å². The van der Waals surface area contributed by atoms with E-state index >= 15 is 0 Å². The lowest BCUT2D eigenvalue weighted by Crippen LogP contribution is -2.28. The van der Waals surface area contributed by atoms with Gasteiger partial charge in [0.1, 0.15) is 0 Å². The van der Waals surface area contributed by atoms with Crippen LogP contribution in [-0.2, 0) is 4.79 Å². The van der Waals surface area contributed by atoms with Crippen LogP contribution in [0.3, 0.4) is 0 Å². The number of hydrogen-bond donors (Lipinski definition) is 3. The first-order valence-electron chi connectivity index (χ1n) is 6.35. The number of carbonyl (C=O) groups is 1. The normalized spacial score (nSPS) is 10.4. The molecule has 0 unspecified atom stereocenters. The van der Waals surface area contributed by atoms with E-state index in [0.717, 1.165) is 23.5 Å². The van der Waals surface area contributed by atoms with Crippen LogP contribution in [0.25, 0.3) is 0 Å². The number of nitrogens with two attached hydrogens (primary N) is 1. The van der Waals surface area contributed by atoms with Crippen LogP contribution in [0.1, 0.15) is 25.8 Å². The first-order valence-corrected chi connectivity index (χ1v) is 6.35.